The van der Waals surface area contributed by atoms with Crippen LogP contribution in [0, 0.1) is 6.92 Å². The minimum atomic E-state index is 0.523. The molecule has 0 N–H and O–H groups in total. The number of aldehydes is 1. The Morgan fingerprint density at radius 2 is 1.89 bits per heavy atom. The van der Waals surface area contributed by atoms with Crippen molar-refractivity contribution in [2.75, 3.05) is 0 Å². The number of carbonyl (C=O) groups is 1. The molecule has 0 saturated heterocycles. The van der Waals surface area contributed by atoms with Gasteiger partial charge in [-0.25, -0.2) is 0 Å². The van der Waals surface area contributed by atoms with Crippen LogP contribution in [0.1, 0.15) is 34.0 Å². The van der Waals surface area contributed by atoms with Gasteiger partial charge in [-0.3, -0.25) is 4.79 Å². The van der Waals surface area contributed by atoms with Gasteiger partial charge in [0.1, 0.15) is 18.6 Å². The minimum absolute atomic E-state index is 0.523. The second-order valence-corrected chi connectivity index (χ2v) is 4.66. The molecule has 2 aromatic carbocycles. The lowest BCUT2D eigenvalue weighted by atomic mass is 10.1. The molecule has 2 rings (SSSR count). The van der Waals surface area contributed by atoms with Gasteiger partial charge < -0.3 is 4.74 Å². The summed E-state index contributed by atoms with van der Waals surface area (Å²) in [6, 6.07) is 13.9. The Hall–Kier alpha value is -2.09. The summed E-state index contributed by atoms with van der Waals surface area (Å²) in [5.41, 5.74) is 4.13. The van der Waals surface area contributed by atoms with Crippen molar-refractivity contribution in [2.45, 2.75) is 26.9 Å². The van der Waals surface area contributed by atoms with Crippen LogP contribution in [-0.2, 0) is 13.0 Å². The third-order valence-electron chi connectivity index (χ3n) is 3.01. The van der Waals surface area contributed by atoms with Crippen molar-refractivity contribution >= 4 is 6.29 Å². The fourth-order valence-corrected chi connectivity index (χ4v) is 2.03. The molecule has 0 fully saturated rings. The Bertz CT molecular complexity index is 573. The van der Waals surface area contributed by atoms with E-state index in [0.717, 1.165) is 29.6 Å². The second-order valence-electron chi connectivity index (χ2n) is 4.66. The Morgan fingerprint density at radius 1 is 1.11 bits per heavy atom. The lowest BCUT2D eigenvalue weighted by Crippen LogP contribution is -1.97. The molecule has 0 amide bonds. The molecule has 0 aromatic heterocycles. The predicted molar refractivity (Wildman–Crippen MR) is 76.7 cm³/mol. The number of carbonyl (C=O) groups excluding carboxylic acids is 1. The van der Waals surface area contributed by atoms with Gasteiger partial charge in [0.2, 0.25) is 0 Å². The molecule has 0 saturated carbocycles. The quantitative estimate of drug-likeness (QED) is 0.755. The van der Waals surface area contributed by atoms with Crippen LogP contribution in [0.25, 0.3) is 0 Å². The van der Waals surface area contributed by atoms with Gasteiger partial charge in [0.15, 0.2) is 0 Å². The molecule has 2 heteroatoms. The Labute approximate surface area is 114 Å². The average Bonchev–Trinajstić information content (AvgIpc) is 2.44. The molecule has 0 heterocycles. The summed E-state index contributed by atoms with van der Waals surface area (Å²) < 4.78 is 5.76. The average molecular weight is 254 g/mol. The maximum absolute atomic E-state index is 10.8. The molecule has 0 spiro atoms. The molecular formula is C17H18O2. The summed E-state index contributed by atoms with van der Waals surface area (Å²) in [7, 11) is 0. The van der Waals surface area contributed by atoms with E-state index in [1.807, 2.05) is 25.1 Å². The van der Waals surface area contributed by atoms with Crippen molar-refractivity contribution in [1.29, 1.82) is 0 Å². The smallest absolute Gasteiger partial charge is 0.150 e. The number of aryl methyl sites for hydroxylation is 2. The summed E-state index contributed by atoms with van der Waals surface area (Å²) in [6.45, 7) is 4.62. The number of hydrogen-bond acceptors (Lipinski definition) is 2. The topological polar surface area (TPSA) is 26.3 Å². The standard InChI is InChI=1S/C17H18O2/c1-3-14-5-4-6-15(9-14)12-19-17-8-13(2)7-16(10-17)11-18/h4-11H,3,12H2,1-2H3. The zero-order valence-corrected chi connectivity index (χ0v) is 11.3. The van der Waals surface area contributed by atoms with Crippen molar-refractivity contribution in [3.8, 4) is 5.75 Å². The van der Waals surface area contributed by atoms with E-state index in [1.54, 1.807) is 6.07 Å². The maximum Gasteiger partial charge on any atom is 0.150 e. The van der Waals surface area contributed by atoms with Gasteiger partial charge in [0, 0.05) is 5.56 Å². The first-order valence-corrected chi connectivity index (χ1v) is 6.48. The molecule has 0 bridgehead atoms. The summed E-state index contributed by atoms with van der Waals surface area (Å²) in [5, 5.41) is 0. The largest absolute Gasteiger partial charge is 0.489 e. The first kappa shape index (κ1) is 13.3. The van der Waals surface area contributed by atoms with Crippen LogP contribution in [-0.4, -0.2) is 6.29 Å². The molecule has 2 nitrogen and oxygen atoms in total. The molecule has 0 atom stereocenters. The molecule has 0 aliphatic heterocycles. The van der Waals surface area contributed by atoms with Crippen LogP contribution in [0.4, 0.5) is 0 Å². The van der Waals surface area contributed by atoms with E-state index in [9.17, 15) is 4.79 Å². The normalized spacial score (nSPS) is 10.2. The monoisotopic (exact) mass is 254 g/mol. The highest BCUT2D eigenvalue weighted by molar-refractivity contribution is 5.76. The van der Waals surface area contributed by atoms with Crippen LogP contribution < -0.4 is 4.74 Å². The van der Waals surface area contributed by atoms with Gasteiger partial charge >= 0.3 is 0 Å². The van der Waals surface area contributed by atoms with E-state index in [-0.39, 0.29) is 0 Å². The van der Waals surface area contributed by atoms with E-state index in [0.29, 0.717) is 12.2 Å². The van der Waals surface area contributed by atoms with Gasteiger partial charge in [-0.2, -0.15) is 0 Å². The van der Waals surface area contributed by atoms with Crippen molar-refractivity contribution in [3.63, 3.8) is 0 Å². The lowest BCUT2D eigenvalue weighted by molar-refractivity contribution is 0.112. The van der Waals surface area contributed by atoms with E-state index in [4.69, 9.17) is 4.74 Å². The first-order valence-electron chi connectivity index (χ1n) is 6.48. The number of hydrogen-bond donors (Lipinski definition) is 0. The molecular weight excluding hydrogens is 236 g/mol. The van der Waals surface area contributed by atoms with E-state index in [1.165, 1.54) is 5.56 Å². The molecule has 0 aliphatic rings. The highest BCUT2D eigenvalue weighted by Gasteiger charge is 2.00. The summed E-state index contributed by atoms with van der Waals surface area (Å²) in [6.07, 6.45) is 1.87. The molecule has 0 aliphatic carbocycles. The summed E-state index contributed by atoms with van der Waals surface area (Å²) >= 11 is 0. The summed E-state index contributed by atoms with van der Waals surface area (Å²) in [4.78, 5) is 10.8. The number of rotatable bonds is 5. The highest BCUT2D eigenvalue weighted by atomic mass is 16.5. The second kappa shape index (κ2) is 6.19. The highest BCUT2D eigenvalue weighted by Crippen LogP contribution is 2.17. The fourth-order valence-electron chi connectivity index (χ4n) is 2.03. The zero-order chi connectivity index (χ0) is 13.7. The molecule has 2 aromatic rings. The Kier molecular flexibility index (Phi) is 4.35. The van der Waals surface area contributed by atoms with E-state index in [2.05, 4.69) is 25.1 Å². The molecule has 0 unspecified atom stereocenters. The first-order chi connectivity index (χ1) is 9.21. The van der Waals surface area contributed by atoms with Crippen LogP contribution in [0.15, 0.2) is 42.5 Å². The van der Waals surface area contributed by atoms with E-state index >= 15 is 0 Å². The van der Waals surface area contributed by atoms with Gasteiger partial charge in [-0.1, -0.05) is 31.2 Å². The van der Waals surface area contributed by atoms with E-state index < -0.39 is 0 Å². The SMILES string of the molecule is CCc1cccc(COc2cc(C)cc(C=O)c2)c1. The van der Waals surface area contributed by atoms with Crippen molar-refractivity contribution in [1.82, 2.24) is 0 Å². The van der Waals surface area contributed by atoms with Gasteiger partial charge in [-0.15, -0.1) is 0 Å². The van der Waals surface area contributed by atoms with Crippen molar-refractivity contribution in [3.05, 3.63) is 64.7 Å². The van der Waals surface area contributed by atoms with Crippen LogP contribution in [0.3, 0.4) is 0 Å². The fraction of sp³-hybridized carbons (Fsp3) is 0.235. The number of ether oxygens (including phenoxy) is 1. The lowest BCUT2D eigenvalue weighted by Gasteiger charge is -2.09. The van der Waals surface area contributed by atoms with Crippen LogP contribution in [0.5, 0.6) is 5.75 Å². The third-order valence-corrected chi connectivity index (χ3v) is 3.01. The molecule has 19 heavy (non-hydrogen) atoms. The number of benzene rings is 2. The maximum atomic E-state index is 10.8. The Morgan fingerprint density at radius 3 is 2.63 bits per heavy atom. The van der Waals surface area contributed by atoms with Gasteiger partial charge in [-0.05, 0) is 48.2 Å². The Balaban J connectivity index is 2.09. The predicted octanol–water partition coefficient (Wildman–Crippen LogP) is 3.95. The minimum Gasteiger partial charge on any atom is -0.489 e. The molecule has 0 radical (unpaired) electrons. The van der Waals surface area contributed by atoms with Gasteiger partial charge in [0.05, 0.1) is 0 Å². The van der Waals surface area contributed by atoms with Crippen LogP contribution >= 0.6 is 0 Å². The summed E-state index contributed by atoms with van der Waals surface area (Å²) in [5.74, 6) is 0.740. The zero-order valence-electron chi connectivity index (χ0n) is 11.3. The van der Waals surface area contributed by atoms with Crippen molar-refractivity contribution < 1.29 is 9.53 Å². The van der Waals surface area contributed by atoms with Crippen LogP contribution in [0.2, 0.25) is 0 Å². The molecule has 98 valence electrons. The van der Waals surface area contributed by atoms with Gasteiger partial charge in [0.25, 0.3) is 0 Å². The van der Waals surface area contributed by atoms with Crippen molar-refractivity contribution in [2.24, 2.45) is 0 Å². The third kappa shape index (κ3) is 3.68.